The molecule has 3 amide bonds. The standard InChI is InChI=1S/C13H22N4O2S/c1-7(2)9-6-20-10(16-9)5-15-12(18)11(8(3)4)17-13(14)19/h6-8,11H,5H2,1-4H3,(H,15,18)(H3,14,17,19)/t11-/m0/s1. The first kappa shape index (κ1) is 16.4. The lowest BCUT2D eigenvalue weighted by molar-refractivity contribution is -0.124. The lowest BCUT2D eigenvalue weighted by atomic mass is 10.0. The first-order valence-electron chi connectivity index (χ1n) is 6.59. The smallest absolute Gasteiger partial charge is 0.312 e. The third-order valence-electron chi connectivity index (χ3n) is 2.82. The van der Waals surface area contributed by atoms with Gasteiger partial charge in [0.15, 0.2) is 0 Å². The number of amides is 3. The number of nitrogens with two attached hydrogens (primary N) is 1. The van der Waals surface area contributed by atoms with Gasteiger partial charge in [0.1, 0.15) is 11.0 Å². The van der Waals surface area contributed by atoms with Crippen LogP contribution in [0.15, 0.2) is 5.38 Å². The third kappa shape index (κ3) is 4.80. The quantitative estimate of drug-likeness (QED) is 0.743. The Morgan fingerprint density at radius 1 is 1.35 bits per heavy atom. The minimum Gasteiger partial charge on any atom is -0.352 e. The van der Waals surface area contributed by atoms with Crippen LogP contribution in [0.2, 0.25) is 0 Å². The predicted octanol–water partition coefficient (Wildman–Crippen LogP) is 1.58. The molecular formula is C13H22N4O2S. The van der Waals surface area contributed by atoms with Crippen molar-refractivity contribution in [2.45, 2.75) is 46.2 Å². The van der Waals surface area contributed by atoms with Crippen molar-refractivity contribution in [3.63, 3.8) is 0 Å². The zero-order valence-corrected chi connectivity index (χ0v) is 13.1. The van der Waals surface area contributed by atoms with E-state index in [0.29, 0.717) is 12.5 Å². The Bertz CT molecular complexity index is 471. The second-order valence-electron chi connectivity index (χ2n) is 5.27. The monoisotopic (exact) mass is 298 g/mol. The fourth-order valence-electron chi connectivity index (χ4n) is 1.63. The number of carbonyl (C=O) groups is 2. The van der Waals surface area contributed by atoms with Gasteiger partial charge in [0.05, 0.1) is 12.2 Å². The van der Waals surface area contributed by atoms with Crippen molar-refractivity contribution >= 4 is 23.3 Å². The molecule has 1 rings (SSSR count). The maximum Gasteiger partial charge on any atom is 0.312 e. The van der Waals surface area contributed by atoms with Crippen LogP contribution in [0, 0.1) is 5.92 Å². The molecular weight excluding hydrogens is 276 g/mol. The molecule has 0 saturated heterocycles. The summed E-state index contributed by atoms with van der Waals surface area (Å²) in [6.07, 6.45) is 0. The highest BCUT2D eigenvalue weighted by molar-refractivity contribution is 7.09. The Balaban J connectivity index is 2.57. The van der Waals surface area contributed by atoms with Crippen LogP contribution in [-0.2, 0) is 11.3 Å². The van der Waals surface area contributed by atoms with Crippen LogP contribution < -0.4 is 16.4 Å². The summed E-state index contributed by atoms with van der Waals surface area (Å²) >= 11 is 1.52. The first-order valence-corrected chi connectivity index (χ1v) is 7.47. The van der Waals surface area contributed by atoms with Crippen molar-refractivity contribution in [1.82, 2.24) is 15.6 Å². The van der Waals surface area contributed by atoms with E-state index in [0.717, 1.165) is 10.7 Å². The summed E-state index contributed by atoms with van der Waals surface area (Å²) < 4.78 is 0. The van der Waals surface area contributed by atoms with E-state index in [-0.39, 0.29) is 11.8 Å². The molecule has 0 unspecified atom stereocenters. The van der Waals surface area contributed by atoms with E-state index in [1.165, 1.54) is 11.3 Å². The van der Waals surface area contributed by atoms with Crippen LogP contribution in [0.1, 0.15) is 44.3 Å². The molecule has 112 valence electrons. The molecule has 0 radical (unpaired) electrons. The molecule has 7 heteroatoms. The molecule has 0 aromatic carbocycles. The summed E-state index contributed by atoms with van der Waals surface area (Å²) in [5.74, 6) is 0.0840. The minimum atomic E-state index is -0.699. The summed E-state index contributed by atoms with van der Waals surface area (Å²) in [7, 11) is 0. The molecule has 1 atom stereocenters. The summed E-state index contributed by atoms with van der Waals surface area (Å²) in [4.78, 5) is 27.4. The summed E-state index contributed by atoms with van der Waals surface area (Å²) in [6, 6.07) is -1.33. The Hall–Kier alpha value is -1.63. The van der Waals surface area contributed by atoms with Gasteiger partial charge >= 0.3 is 6.03 Å². The van der Waals surface area contributed by atoms with Crippen molar-refractivity contribution < 1.29 is 9.59 Å². The van der Waals surface area contributed by atoms with Crippen LogP contribution in [0.5, 0.6) is 0 Å². The van der Waals surface area contributed by atoms with Crippen molar-refractivity contribution in [2.75, 3.05) is 0 Å². The maximum absolute atomic E-state index is 12.0. The van der Waals surface area contributed by atoms with E-state index in [1.807, 2.05) is 19.2 Å². The average Bonchev–Trinajstić information content (AvgIpc) is 2.81. The van der Waals surface area contributed by atoms with Crippen molar-refractivity contribution in [2.24, 2.45) is 11.7 Å². The van der Waals surface area contributed by atoms with E-state index >= 15 is 0 Å². The number of nitrogens with zero attached hydrogens (tertiary/aromatic N) is 1. The van der Waals surface area contributed by atoms with Gasteiger partial charge in [-0.2, -0.15) is 0 Å². The van der Waals surface area contributed by atoms with E-state index in [2.05, 4.69) is 29.5 Å². The van der Waals surface area contributed by atoms with Gasteiger partial charge in [-0.25, -0.2) is 9.78 Å². The highest BCUT2D eigenvalue weighted by Crippen LogP contribution is 2.17. The van der Waals surface area contributed by atoms with Crippen LogP contribution in [0.3, 0.4) is 0 Å². The number of carbonyl (C=O) groups excluding carboxylic acids is 2. The second kappa shape index (κ2) is 7.23. The number of primary amides is 1. The topological polar surface area (TPSA) is 97.1 Å². The molecule has 20 heavy (non-hydrogen) atoms. The number of urea groups is 1. The molecule has 0 aliphatic carbocycles. The molecule has 6 nitrogen and oxygen atoms in total. The van der Waals surface area contributed by atoms with Crippen LogP contribution >= 0.6 is 11.3 Å². The molecule has 0 fully saturated rings. The molecule has 0 aliphatic heterocycles. The fraction of sp³-hybridized carbons (Fsp3) is 0.615. The second-order valence-corrected chi connectivity index (χ2v) is 6.21. The molecule has 0 spiro atoms. The molecule has 1 heterocycles. The van der Waals surface area contributed by atoms with E-state index < -0.39 is 12.1 Å². The predicted molar refractivity (Wildman–Crippen MR) is 79.4 cm³/mol. The average molecular weight is 298 g/mol. The summed E-state index contributed by atoms with van der Waals surface area (Å²) in [5.41, 5.74) is 6.10. The van der Waals surface area contributed by atoms with Gasteiger partial charge in [-0.15, -0.1) is 11.3 Å². The van der Waals surface area contributed by atoms with E-state index in [4.69, 9.17) is 5.73 Å². The molecule has 0 bridgehead atoms. The zero-order chi connectivity index (χ0) is 15.3. The number of hydrogen-bond donors (Lipinski definition) is 3. The highest BCUT2D eigenvalue weighted by atomic mass is 32.1. The van der Waals surface area contributed by atoms with Gasteiger partial charge in [0, 0.05) is 5.38 Å². The van der Waals surface area contributed by atoms with E-state index in [9.17, 15) is 9.59 Å². The highest BCUT2D eigenvalue weighted by Gasteiger charge is 2.23. The maximum atomic E-state index is 12.0. The van der Waals surface area contributed by atoms with Crippen LogP contribution in [0.25, 0.3) is 0 Å². The molecule has 4 N–H and O–H groups in total. The molecule has 0 aliphatic rings. The van der Waals surface area contributed by atoms with Gasteiger partial charge in [0.2, 0.25) is 5.91 Å². The number of rotatable bonds is 6. The number of thiazole rings is 1. The van der Waals surface area contributed by atoms with Gasteiger partial charge in [-0.1, -0.05) is 27.7 Å². The van der Waals surface area contributed by atoms with Crippen LogP contribution in [-0.4, -0.2) is 23.0 Å². The normalized spacial score (nSPS) is 12.5. The fourth-order valence-corrected chi connectivity index (χ4v) is 2.53. The van der Waals surface area contributed by atoms with Crippen LogP contribution in [0.4, 0.5) is 4.79 Å². The summed E-state index contributed by atoms with van der Waals surface area (Å²) in [6.45, 7) is 8.20. The molecule has 0 saturated carbocycles. The zero-order valence-electron chi connectivity index (χ0n) is 12.3. The van der Waals surface area contributed by atoms with Gasteiger partial charge in [-0.05, 0) is 11.8 Å². The summed E-state index contributed by atoms with van der Waals surface area (Å²) in [5, 5.41) is 8.07. The number of hydrogen-bond acceptors (Lipinski definition) is 4. The lowest BCUT2D eigenvalue weighted by Crippen LogP contribution is -2.51. The largest absolute Gasteiger partial charge is 0.352 e. The Morgan fingerprint density at radius 3 is 2.45 bits per heavy atom. The van der Waals surface area contributed by atoms with Crippen molar-refractivity contribution in [1.29, 1.82) is 0 Å². The van der Waals surface area contributed by atoms with Gasteiger partial charge < -0.3 is 16.4 Å². The molecule has 1 aromatic rings. The van der Waals surface area contributed by atoms with Crippen molar-refractivity contribution in [3.8, 4) is 0 Å². The Labute approximate surface area is 123 Å². The first-order chi connectivity index (χ1) is 9.31. The van der Waals surface area contributed by atoms with Crippen molar-refractivity contribution in [3.05, 3.63) is 16.1 Å². The SMILES string of the molecule is CC(C)c1csc(CNC(=O)[C@@H](NC(N)=O)C(C)C)n1. The van der Waals surface area contributed by atoms with Gasteiger partial charge in [-0.3, -0.25) is 4.79 Å². The minimum absolute atomic E-state index is 0.0370. The molecule has 1 aromatic heterocycles. The number of aromatic nitrogens is 1. The number of nitrogens with one attached hydrogen (secondary N) is 2. The Kier molecular flexibility index (Phi) is 5.94. The lowest BCUT2D eigenvalue weighted by Gasteiger charge is -2.20. The third-order valence-corrected chi connectivity index (χ3v) is 3.69. The van der Waals surface area contributed by atoms with Gasteiger partial charge in [0.25, 0.3) is 0 Å². The van der Waals surface area contributed by atoms with E-state index in [1.54, 1.807) is 0 Å². The Morgan fingerprint density at radius 2 is 2.00 bits per heavy atom.